The van der Waals surface area contributed by atoms with Crippen molar-refractivity contribution in [3.63, 3.8) is 0 Å². The number of carbonyl (C=O) groups is 1. The second-order valence-electron chi connectivity index (χ2n) is 8.38. The molecule has 1 N–H and O–H groups in total. The van der Waals surface area contributed by atoms with Crippen molar-refractivity contribution in [2.75, 3.05) is 0 Å². The van der Waals surface area contributed by atoms with Gasteiger partial charge in [0.15, 0.2) is 0 Å². The topological polar surface area (TPSA) is 32.3 Å². The summed E-state index contributed by atoms with van der Waals surface area (Å²) in [6.07, 6.45) is 4.51. The molecule has 3 heteroatoms. The van der Waals surface area contributed by atoms with Crippen molar-refractivity contribution in [1.82, 2.24) is 10.2 Å². The van der Waals surface area contributed by atoms with Gasteiger partial charge in [-0.15, -0.1) is 0 Å². The lowest BCUT2D eigenvalue weighted by Crippen LogP contribution is -2.60. The second-order valence-corrected chi connectivity index (χ2v) is 8.38. The molecule has 0 aliphatic carbocycles. The van der Waals surface area contributed by atoms with Crippen molar-refractivity contribution >= 4 is 5.91 Å². The van der Waals surface area contributed by atoms with Crippen LogP contribution < -0.4 is 5.32 Å². The average Bonchev–Trinajstić information content (AvgIpc) is 2.64. The first kappa shape index (κ1) is 14.8. The van der Waals surface area contributed by atoms with Gasteiger partial charge in [-0.3, -0.25) is 4.79 Å². The van der Waals surface area contributed by atoms with Gasteiger partial charge in [0.2, 0.25) is 5.91 Å². The molecule has 0 spiro atoms. The molecular formula is C16H30N2O. The lowest BCUT2D eigenvalue weighted by Gasteiger charge is -2.44. The minimum Gasteiger partial charge on any atom is -0.335 e. The van der Waals surface area contributed by atoms with Crippen LogP contribution in [-0.4, -0.2) is 34.5 Å². The Bertz CT molecular complexity index is 351. The fourth-order valence-corrected chi connectivity index (χ4v) is 3.67. The Balaban J connectivity index is 2.15. The summed E-state index contributed by atoms with van der Waals surface area (Å²) in [5.74, 6) is 0.337. The van der Waals surface area contributed by atoms with Crippen molar-refractivity contribution in [2.24, 2.45) is 5.41 Å². The zero-order chi connectivity index (χ0) is 14.4. The van der Waals surface area contributed by atoms with Crippen LogP contribution in [0.25, 0.3) is 0 Å². The van der Waals surface area contributed by atoms with Gasteiger partial charge in [0.25, 0.3) is 0 Å². The maximum Gasteiger partial charge on any atom is 0.240 e. The second kappa shape index (κ2) is 4.76. The van der Waals surface area contributed by atoms with E-state index in [0.717, 1.165) is 12.8 Å². The summed E-state index contributed by atoms with van der Waals surface area (Å²) in [6.45, 7) is 13.2. The van der Waals surface area contributed by atoms with Crippen molar-refractivity contribution in [1.29, 1.82) is 0 Å². The van der Waals surface area contributed by atoms with Gasteiger partial charge in [0, 0.05) is 17.6 Å². The first-order valence-electron chi connectivity index (χ1n) is 7.69. The monoisotopic (exact) mass is 266 g/mol. The SMILES string of the molecule is CC(C)(C)NC1CCC2CCC(C(C)(C)C)N2C1=O. The van der Waals surface area contributed by atoms with E-state index in [1.807, 2.05) is 0 Å². The number of nitrogens with one attached hydrogen (secondary N) is 1. The molecule has 0 aromatic carbocycles. The van der Waals surface area contributed by atoms with Gasteiger partial charge in [-0.05, 0) is 51.9 Å². The van der Waals surface area contributed by atoms with Crippen LogP contribution in [0.4, 0.5) is 0 Å². The van der Waals surface area contributed by atoms with E-state index in [4.69, 9.17) is 0 Å². The van der Waals surface area contributed by atoms with Crippen LogP contribution in [0, 0.1) is 5.41 Å². The third-order valence-electron chi connectivity index (χ3n) is 4.45. The lowest BCUT2D eigenvalue weighted by atomic mass is 9.84. The summed E-state index contributed by atoms with van der Waals surface area (Å²) in [4.78, 5) is 15.0. The highest BCUT2D eigenvalue weighted by molar-refractivity contribution is 5.83. The van der Waals surface area contributed by atoms with Crippen LogP contribution in [0.1, 0.15) is 67.2 Å². The molecule has 3 unspecified atom stereocenters. The van der Waals surface area contributed by atoms with Crippen LogP contribution in [0.5, 0.6) is 0 Å². The predicted octanol–water partition coefficient (Wildman–Crippen LogP) is 2.94. The van der Waals surface area contributed by atoms with Gasteiger partial charge in [0.05, 0.1) is 6.04 Å². The zero-order valence-electron chi connectivity index (χ0n) is 13.4. The van der Waals surface area contributed by atoms with Crippen LogP contribution in [0.15, 0.2) is 0 Å². The zero-order valence-corrected chi connectivity index (χ0v) is 13.4. The number of piperidine rings is 1. The number of amides is 1. The molecule has 0 saturated carbocycles. The molecule has 19 heavy (non-hydrogen) atoms. The van der Waals surface area contributed by atoms with Crippen LogP contribution >= 0.6 is 0 Å². The van der Waals surface area contributed by atoms with Crippen LogP contribution in [-0.2, 0) is 4.79 Å². The molecule has 2 aliphatic heterocycles. The molecule has 0 radical (unpaired) electrons. The maximum atomic E-state index is 12.8. The van der Waals surface area contributed by atoms with E-state index < -0.39 is 0 Å². The maximum absolute atomic E-state index is 12.8. The van der Waals surface area contributed by atoms with Gasteiger partial charge in [0.1, 0.15) is 0 Å². The predicted molar refractivity (Wildman–Crippen MR) is 79.0 cm³/mol. The van der Waals surface area contributed by atoms with E-state index in [1.165, 1.54) is 12.8 Å². The van der Waals surface area contributed by atoms with Crippen LogP contribution in [0.2, 0.25) is 0 Å². The molecule has 0 bridgehead atoms. The highest BCUT2D eigenvalue weighted by Crippen LogP contribution is 2.40. The van der Waals surface area contributed by atoms with Gasteiger partial charge in [-0.2, -0.15) is 0 Å². The van der Waals surface area contributed by atoms with Gasteiger partial charge in [-0.25, -0.2) is 0 Å². The fraction of sp³-hybridized carbons (Fsp3) is 0.938. The molecule has 110 valence electrons. The Morgan fingerprint density at radius 2 is 1.58 bits per heavy atom. The fourth-order valence-electron chi connectivity index (χ4n) is 3.67. The number of carbonyl (C=O) groups excluding carboxylic acids is 1. The summed E-state index contributed by atoms with van der Waals surface area (Å²) < 4.78 is 0. The van der Waals surface area contributed by atoms with Gasteiger partial charge >= 0.3 is 0 Å². The van der Waals surface area contributed by atoms with Crippen LogP contribution in [0.3, 0.4) is 0 Å². The van der Waals surface area contributed by atoms with Gasteiger partial charge in [-0.1, -0.05) is 20.8 Å². The molecule has 0 aromatic rings. The Labute approximate surface area is 118 Å². The molecule has 2 rings (SSSR count). The Hall–Kier alpha value is -0.570. The Morgan fingerprint density at radius 1 is 1.00 bits per heavy atom. The minimum absolute atomic E-state index is 0.00408. The molecule has 3 nitrogen and oxygen atoms in total. The smallest absolute Gasteiger partial charge is 0.240 e. The molecular weight excluding hydrogens is 236 g/mol. The minimum atomic E-state index is 0.00408. The molecule has 0 aromatic heterocycles. The number of rotatable bonds is 1. The summed E-state index contributed by atoms with van der Waals surface area (Å²) >= 11 is 0. The Morgan fingerprint density at radius 3 is 2.11 bits per heavy atom. The van der Waals surface area contributed by atoms with Crippen molar-refractivity contribution in [2.45, 2.75) is 90.9 Å². The summed E-state index contributed by atoms with van der Waals surface area (Å²) in [5.41, 5.74) is 0.193. The highest BCUT2D eigenvalue weighted by Gasteiger charge is 2.47. The number of hydrogen-bond acceptors (Lipinski definition) is 2. The largest absolute Gasteiger partial charge is 0.335 e. The normalized spacial score (nSPS) is 32.6. The molecule has 2 fully saturated rings. The third-order valence-corrected chi connectivity index (χ3v) is 4.45. The van der Waals surface area contributed by atoms with Crippen molar-refractivity contribution < 1.29 is 4.79 Å². The highest BCUT2D eigenvalue weighted by atomic mass is 16.2. The van der Waals surface area contributed by atoms with Crippen molar-refractivity contribution in [3.05, 3.63) is 0 Å². The summed E-state index contributed by atoms with van der Waals surface area (Å²) in [6, 6.07) is 0.920. The number of fused-ring (bicyclic) bond motifs is 1. The summed E-state index contributed by atoms with van der Waals surface area (Å²) in [7, 11) is 0. The third kappa shape index (κ3) is 3.13. The molecule has 2 heterocycles. The van der Waals surface area contributed by atoms with E-state index in [-0.39, 0.29) is 17.0 Å². The summed E-state index contributed by atoms with van der Waals surface area (Å²) in [5, 5.41) is 3.50. The first-order valence-corrected chi connectivity index (χ1v) is 7.69. The average molecular weight is 266 g/mol. The molecule has 2 saturated heterocycles. The van der Waals surface area contributed by atoms with Crippen molar-refractivity contribution in [3.8, 4) is 0 Å². The van der Waals surface area contributed by atoms with E-state index in [2.05, 4.69) is 51.8 Å². The van der Waals surface area contributed by atoms with Gasteiger partial charge < -0.3 is 10.2 Å². The first-order chi connectivity index (χ1) is 8.59. The number of nitrogens with zero attached hydrogens (tertiary/aromatic N) is 1. The molecule has 1 amide bonds. The molecule has 2 aliphatic rings. The standard InChI is InChI=1S/C16H30N2O/c1-15(2,3)13-10-8-11-7-9-12(14(19)18(11)13)17-16(4,5)6/h11-13,17H,7-10H2,1-6H3. The van der Waals surface area contributed by atoms with E-state index in [1.54, 1.807) is 0 Å². The number of hydrogen-bond donors (Lipinski definition) is 1. The molecule has 3 atom stereocenters. The van der Waals surface area contributed by atoms with E-state index in [9.17, 15) is 4.79 Å². The quantitative estimate of drug-likeness (QED) is 0.791. The Kier molecular flexibility index (Phi) is 3.72. The van der Waals surface area contributed by atoms with E-state index in [0.29, 0.717) is 18.0 Å². The van der Waals surface area contributed by atoms with E-state index >= 15 is 0 Å². The lowest BCUT2D eigenvalue weighted by molar-refractivity contribution is -0.142.